The van der Waals surface area contributed by atoms with Crippen molar-refractivity contribution in [1.82, 2.24) is 20.5 Å². The molecule has 37 heavy (non-hydrogen) atoms. The van der Waals surface area contributed by atoms with Crippen LogP contribution >= 0.6 is 0 Å². The summed E-state index contributed by atoms with van der Waals surface area (Å²) in [5.41, 5.74) is 4.82. The smallest absolute Gasteiger partial charge is 0.251 e. The van der Waals surface area contributed by atoms with Crippen LogP contribution < -0.4 is 10.2 Å². The Morgan fingerprint density at radius 2 is 2.08 bits per heavy atom. The first-order valence-electron chi connectivity index (χ1n) is 12.7. The van der Waals surface area contributed by atoms with Crippen LogP contribution in [0.3, 0.4) is 0 Å². The number of H-pyrrole nitrogens is 1. The zero-order valence-electron chi connectivity index (χ0n) is 20.7. The summed E-state index contributed by atoms with van der Waals surface area (Å²) in [6.07, 6.45) is 4.68. The number of pyridine rings is 1. The van der Waals surface area contributed by atoms with Crippen LogP contribution in [0.5, 0.6) is 0 Å². The molecule has 2 amide bonds. The highest BCUT2D eigenvalue weighted by atomic mass is 16.3. The number of anilines is 1. The van der Waals surface area contributed by atoms with Crippen molar-refractivity contribution in [3.63, 3.8) is 0 Å². The number of nitrogens with one attached hydrogen (secondary N) is 2. The fourth-order valence-corrected chi connectivity index (χ4v) is 5.73. The second kappa shape index (κ2) is 9.12. The molecule has 1 aliphatic heterocycles. The lowest BCUT2D eigenvalue weighted by Gasteiger charge is -2.39. The number of benzene rings is 2. The minimum Gasteiger partial charge on any atom is -0.388 e. The monoisotopic (exact) mass is 495 g/mol. The summed E-state index contributed by atoms with van der Waals surface area (Å²) in [7, 11) is 0. The molecule has 1 saturated carbocycles. The van der Waals surface area contributed by atoms with Gasteiger partial charge in [0, 0.05) is 40.1 Å². The molecular weight excluding hydrogens is 466 g/mol. The highest BCUT2D eigenvalue weighted by Crippen LogP contribution is 2.35. The van der Waals surface area contributed by atoms with Gasteiger partial charge in [-0.25, -0.2) is 0 Å². The maximum absolute atomic E-state index is 13.3. The molecule has 3 N–H and O–H groups in total. The molecule has 0 unspecified atom stereocenters. The standard InChI is InChI=1S/C29H29N5O3/c1-18-13-20(10-12-30-18)27-23-14-21(8-9-24(23)32-33-27)28(36)31-22-6-4-11-29(37,16-22)17-34-25-7-3-2-5-19(25)15-26(34)35/h2-3,5,7-10,12-14,22,37H,4,6,11,15-17H2,1H3,(H,31,36)(H,32,33)/t22-,29+/m0/s1. The number of aryl methyl sites for hydroxylation is 1. The topological polar surface area (TPSA) is 111 Å². The third-order valence-electron chi connectivity index (χ3n) is 7.53. The molecule has 4 aromatic rings. The molecule has 2 aromatic carbocycles. The molecule has 2 aromatic heterocycles. The Hall–Kier alpha value is -4.04. The molecule has 0 saturated heterocycles. The SMILES string of the molecule is Cc1cc(-c2n[nH]c3ccc(C(=O)N[C@H]4CCC[C@](O)(CN5C(=O)Cc6ccccc65)C4)cc23)ccn1. The molecule has 6 rings (SSSR count). The van der Waals surface area contributed by atoms with Gasteiger partial charge in [-0.1, -0.05) is 18.2 Å². The highest BCUT2D eigenvalue weighted by Gasteiger charge is 2.40. The Morgan fingerprint density at radius 1 is 1.22 bits per heavy atom. The first kappa shape index (κ1) is 23.4. The fourth-order valence-electron chi connectivity index (χ4n) is 5.73. The Kier molecular flexibility index (Phi) is 5.76. The fraction of sp³-hybridized carbons (Fsp3) is 0.310. The Balaban J connectivity index is 1.18. The van der Waals surface area contributed by atoms with Crippen LogP contribution in [0.4, 0.5) is 5.69 Å². The number of para-hydroxylation sites is 1. The zero-order chi connectivity index (χ0) is 25.6. The summed E-state index contributed by atoms with van der Waals surface area (Å²) >= 11 is 0. The normalized spacial score (nSPS) is 21.3. The Bertz CT molecular complexity index is 1510. The summed E-state index contributed by atoms with van der Waals surface area (Å²) in [4.78, 5) is 31.9. The van der Waals surface area contributed by atoms with Crippen LogP contribution in [-0.4, -0.2) is 50.3 Å². The van der Waals surface area contributed by atoms with Crippen LogP contribution in [0.1, 0.15) is 47.3 Å². The summed E-state index contributed by atoms with van der Waals surface area (Å²) in [6.45, 7) is 2.17. The van der Waals surface area contributed by atoms with Crippen molar-refractivity contribution < 1.29 is 14.7 Å². The second-order valence-electron chi connectivity index (χ2n) is 10.3. The first-order chi connectivity index (χ1) is 17.9. The van der Waals surface area contributed by atoms with Crippen molar-refractivity contribution in [3.05, 3.63) is 77.6 Å². The van der Waals surface area contributed by atoms with E-state index in [0.717, 1.165) is 51.9 Å². The minimum absolute atomic E-state index is 0.00870. The van der Waals surface area contributed by atoms with Gasteiger partial charge in [0.05, 0.1) is 24.1 Å². The number of hydrogen-bond acceptors (Lipinski definition) is 5. The predicted molar refractivity (Wildman–Crippen MR) is 141 cm³/mol. The number of rotatable bonds is 5. The largest absolute Gasteiger partial charge is 0.388 e. The third kappa shape index (κ3) is 4.49. The number of β-amino-alcohol motifs (C(OH)–C–C–N with tert-alkyl or cyclic N) is 1. The van der Waals surface area contributed by atoms with E-state index < -0.39 is 5.60 Å². The summed E-state index contributed by atoms with van der Waals surface area (Å²) in [5.74, 6) is -0.175. The van der Waals surface area contributed by atoms with Crippen molar-refractivity contribution in [1.29, 1.82) is 0 Å². The van der Waals surface area contributed by atoms with Gasteiger partial charge in [-0.05, 0) is 74.6 Å². The van der Waals surface area contributed by atoms with Gasteiger partial charge in [0.15, 0.2) is 0 Å². The van der Waals surface area contributed by atoms with Crippen molar-refractivity contribution in [2.45, 2.75) is 50.7 Å². The number of hydrogen-bond donors (Lipinski definition) is 3. The number of carbonyl (C=O) groups excluding carboxylic acids is 2. The molecule has 1 aliphatic carbocycles. The van der Waals surface area contributed by atoms with Crippen LogP contribution in [0.15, 0.2) is 60.8 Å². The number of aliphatic hydroxyl groups is 1. The van der Waals surface area contributed by atoms with Gasteiger partial charge < -0.3 is 15.3 Å². The van der Waals surface area contributed by atoms with E-state index >= 15 is 0 Å². The van der Waals surface area contributed by atoms with E-state index in [1.54, 1.807) is 17.2 Å². The molecule has 1 fully saturated rings. The van der Waals surface area contributed by atoms with Gasteiger partial charge in [0.1, 0.15) is 5.69 Å². The minimum atomic E-state index is -1.05. The number of aromatic amines is 1. The molecule has 0 spiro atoms. The molecule has 3 heterocycles. The Morgan fingerprint density at radius 3 is 2.95 bits per heavy atom. The lowest BCUT2D eigenvalue weighted by Crippen LogP contribution is -2.52. The van der Waals surface area contributed by atoms with Crippen LogP contribution in [-0.2, 0) is 11.2 Å². The number of aromatic nitrogens is 3. The van der Waals surface area contributed by atoms with E-state index in [9.17, 15) is 14.7 Å². The summed E-state index contributed by atoms with van der Waals surface area (Å²) in [5, 5.41) is 23.0. The number of nitrogens with zero attached hydrogens (tertiary/aromatic N) is 3. The quantitative estimate of drug-likeness (QED) is 0.389. The van der Waals surface area contributed by atoms with Crippen LogP contribution in [0.25, 0.3) is 22.2 Å². The molecule has 8 nitrogen and oxygen atoms in total. The maximum atomic E-state index is 13.3. The molecule has 2 aliphatic rings. The molecule has 188 valence electrons. The molecular formula is C29H29N5O3. The van der Waals surface area contributed by atoms with Gasteiger partial charge >= 0.3 is 0 Å². The summed E-state index contributed by atoms with van der Waals surface area (Å²) < 4.78 is 0. The highest BCUT2D eigenvalue weighted by molar-refractivity contribution is 6.02. The average Bonchev–Trinajstić information content (AvgIpc) is 3.44. The van der Waals surface area contributed by atoms with E-state index in [4.69, 9.17) is 0 Å². The van der Waals surface area contributed by atoms with Gasteiger partial charge in [-0.2, -0.15) is 5.10 Å². The molecule has 0 bridgehead atoms. The van der Waals surface area contributed by atoms with Crippen molar-refractivity contribution in [2.24, 2.45) is 0 Å². The second-order valence-corrected chi connectivity index (χ2v) is 10.3. The molecule has 0 radical (unpaired) electrons. The zero-order valence-corrected chi connectivity index (χ0v) is 20.7. The van der Waals surface area contributed by atoms with Gasteiger partial charge in [-0.3, -0.25) is 19.7 Å². The number of carbonyl (C=O) groups is 2. The first-order valence-corrected chi connectivity index (χ1v) is 12.7. The van der Waals surface area contributed by atoms with E-state index in [-0.39, 0.29) is 24.4 Å². The molecule has 8 heteroatoms. The number of amides is 2. The van der Waals surface area contributed by atoms with E-state index in [1.807, 2.05) is 55.5 Å². The van der Waals surface area contributed by atoms with Crippen LogP contribution in [0.2, 0.25) is 0 Å². The Labute approximate surface area is 214 Å². The van der Waals surface area contributed by atoms with Gasteiger partial charge in [-0.15, -0.1) is 0 Å². The van der Waals surface area contributed by atoms with Gasteiger partial charge in [0.2, 0.25) is 5.91 Å². The van der Waals surface area contributed by atoms with E-state index in [2.05, 4.69) is 20.5 Å². The average molecular weight is 496 g/mol. The van der Waals surface area contributed by atoms with Crippen molar-refractivity contribution in [3.8, 4) is 11.3 Å². The maximum Gasteiger partial charge on any atom is 0.251 e. The van der Waals surface area contributed by atoms with E-state index in [0.29, 0.717) is 24.8 Å². The van der Waals surface area contributed by atoms with Gasteiger partial charge in [0.25, 0.3) is 5.91 Å². The van der Waals surface area contributed by atoms with Crippen molar-refractivity contribution >= 4 is 28.4 Å². The van der Waals surface area contributed by atoms with E-state index in [1.165, 1.54) is 0 Å². The lowest BCUT2D eigenvalue weighted by atomic mass is 9.81. The summed E-state index contributed by atoms with van der Waals surface area (Å²) in [6, 6.07) is 16.9. The predicted octanol–water partition coefficient (Wildman–Crippen LogP) is 3.93. The number of fused-ring (bicyclic) bond motifs is 2. The van der Waals surface area contributed by atoms with Crippen LogP contribution in [0, 0.1) is 6.92 Å². The van der Waals surface area contributed by atoms with Crippen molar-refractivity contribution in [2.75, 3.05) is 11.4 Å². The molecule has 2 atom stereocenters. The third-order valence-corrected chi connectivity index (χ3v) is 7.53. The lowest BCUT2D eigenvalue weighted by molar-refractivity contribution is -0.118.